The molecule has 0 bridgehead atoms. The Labute approximate surface area is 163 Å². The maximum Gasteiger partial charge on any atom is 0.233 e. The summed E-state index contributed by atoms with van der Waals surface area (Å²) in [7, 11) is -3.03. The first-order valence-electron chi connectivity index (χ1n) is 8.79. The van der Waals surface area contributed by atoms with Crippen molar-refractivity contribution in [1.29, 1.82) is 0 Å². The molecule has 0 aliphatic carbocycles. The van der Waals surface area contributed by atoms with E-state index in [2.05, 4.69) is 15.5 Å². The summed E-state index contributed by atoms with van der Waals surface area (Å²) in [4.78, 5) is 14.3. The van der Waals surface area contributed by atoms with E-state index in [9.17, 15) is 13.2 Å². The van der Waals surface area contributed by atoms with E-state index in [0.717, 1.165) is 16.8 Å². The fourth-order valence-corrected chi connectivity index (χ4v) is 5.74. The van der Waals surface area contributed by atoms with Crippen LogP contribution in [0.3, 0.4) is 0 Å². The molecule has 3 rings (SSSR count). The standard InChI is InChI=1S/C17H23N5O3S2/c1-4-21(14-7-8-27(24,25)11-14)16(23)10-26-17-18-19-20-22(17)15-9-12(2)5-6-13(15)3/h5-6,9,14H,4,7-8,10-11H2,1-3H3/t14-/m0/s1. The van der Waals surface area contributed by atoms with Gasteiger partial charge in [-0.15, -0.1) is 5.10 Å². The molecule has 0 saturated carbocycles. The number of carbonyl (C=O) groups is 1. The van der Waals surface area contributed by atoms with E-state index in [4.69, 9.17) is 0 Å². The number of tetrazole rings is 1. The van der Waals surface area contributed by atoms with Crippen LogP contribution in [0.2, 0.25) is 0 Å². The lowest BCUT2D eigenvalue weighted by Gasteiger charge is -2.26. The average molecular weight is 410 g/mol. The van der Waals surface area contributed by atoms with Crippen LogP contribution in [0.25, 0.3) is 5.69 Å². The lowest BCUT2D eigenvalue weighted by molar-refractivity contribution is -0.129. The molecular formula is C17H23N5O3S2. The summed E-state index contributed by atoms with van der Waals surface area (Å²) in [6.07, 6.45) is 0.507. The second kappa shape index (κ2) is 7.97. The molecule has 1 aliphatic rings. The molecule has 1 fully saturated rings. The number of thioether (sulfide) groups is 1. The third-order valence-corrected chi connectivity index (χ3v) is 7.32. The van der Waals surface area contributed by atoms with Crippen LogP contribution >= 0.6 is 11.8 Å². The van der Waals surface area contributed by atoms with E-state index < -0.39 is 9.84 Å². The minimum absolute atomic E-state index is 0.0530. The highest BCUT2D eigenvalue weighted by atomic mass is 32.2. The van der Waals surface area contributed by atoms with Gasteiger partial charge in [0.2, 0.25) is 11.1 Å². The molecule has 1 aromatic carbocycles. The van der Waals surface area contributed by atoms with Crippen LogP contribution in [-0.4, -0.2) is 69.3 Å². The Balaban J connectivity index is 1.71. The fraction of sp³-hybridized carbons (Fsp3) is 0.529. The number of benzene rings is 1. The zero-order valence-corrected chi connectivity index (χ0v) is 17.3. The van der Waals surface area contributed by atoms with E-state index in [0.29, 0.717) is 18.1 Å². The Morgan fingerprint density at radius 3 is 2.81 bits per heavy atom. The number of carbonyl (C=O) groups excluding carboxylic acids is 1. The Morgan fingerprint density at radius 1 is 1.37 bits per heavy atom. The first kappa shape index (κ1) is 19.8. The second-order valence-electron chi connectivity index (χ2n) is 6.69. The number of nitrogens with zero attached hydrogens (tertiary/aromatic N) is 5. The van der Waals surface area contributed by atoms with Gasteiger partial charge in [-0.2, -0.15) is 4.68 Å². The molecule has 1 aromatic heterocycles. The SMILES string of the molecule is CCN(C(=O)CSc1nnnn1-c1cc(C)ccc1C)[C@H]1CCS(=O)(=O)C1. The van der Waals surface area contributed by atoms with Crippen LogP contribution in [0.1, 0.15) is 24.5 Å². The lowest BCUT2D eigenvalue weighted by Crippen LogP contribution is -2.42. The summed E-state index contributed by atoms with van der Waals surface area (Å²) in [6, 6.07) is 5.79. The van der Waals surface area contributed by atoms with Gasteiger partial charge in [0.15, 0.2) is 9.84 Å². The van der Waals surface area contributed by atoms with Gasteiger partial charge in [0.1, 0.15) is 0 Å². The van der Waals surface area contributed by atoms with Gasteiger partial charge in [0, 0.05) is 12.6 Å². The number of sulfone groups is 1. The molecule has 1 saturated heterocycles. The van der Waals surface area contributed by atoms with Gasteiger partial charge >= 0.3 is 0 Å². The minimum Gasteiger partial charge on any atom is -0.338 e. The average Bonchev–Trinajstić information content (AvgIpc) is 3.22. The quantitative estimate of drug-likeness (QED) is 0.665. The normalized spacial score (nSPS) is 18.6. The summed E-state index contributed by atoms with van der Waals surface area (Å²) in [6.45, 7) is 6.34. The zero-order valence-electron chi connectivity index (χ0n) is 15.6. The van der Waals surface area contributed by atoms with Crippen molar-refractivity contribution in [2.24, 2.45) is 0 Å². The van der Waals surface area contributed by atoms with E-state index in [1.807, 2.05) is 39.0 Å². The topological polar surface area (TPSA) is 98.1 Å². The van der Waals surface area contributed by atoms with Crippen LogP contribution < -0.4 is 0 Å². The Bertz CT molecular complexity index is 942. The summed E-state index contributed by atoms with van der Waals surface area (Å²) in [5, 5.41) is 12.4. The van der Waals surface area contributed by atoms with Crippen molar-refractivity contribution in [2.45, 2.75) is 38.4 Å². The first-order chi connectivity index (χ1) is 12.8. The number of rotatable bonds is 6. The minimum atomic E-state index is -3.03. The zero-order chi connectivity index (χ0) is 19.6. The molecule has 0 radical (unpaired) electrons. The van der Waals surface area contributed by atoms with E-state index in [1.54, 1.807) is 9.58 Å². The Morgan fingerprint density at radius 2 is 2.15 bits per heavy atom. The van der Waals surface area contributed by atoms with Gasteiger partial charge in [0.05, 0.1) is 22.9 Å². The van der Waals surface area contributed by atoms with Gasteiger partial charge < -0.3 is 4.90 Å². The molecule has 1 amide bonds. The predicted octanol–water partition coefficient (Wildman–Crippen LogP) is 1.41. The largest absolute Gasteiger partial charge is 0.338 e. The highest BCUT2D eigenvalue weighted by Crippen LogP contribution is 2.23. The number of amides is 1. The monoisotopic (exact) mass is 409 g/mol. The molecule has 2 heterocycles. The third-order valence-electron chi connectivity index (χ3n) is 4.67. The van der Waals surface area contributed by atoms with Crippen molar-refractivity contribution in [1.82, 2.24) is 25.1 Å². The van der Waals surface area contributed by atoms with E-state index >= 15 is 0 Å². The molecular weight excluding hydrogens is 386 g/mol. The molecule has 0 N–H and O–H groups in total. The molecule has 1 aliphatic heterocycles. The lowest BCUT2D eigenvalue weighted by atomic mass is 10.1. The molecule has 2 aromatic rings. The van der Waals surface area contributed by atoms with Crippen molar-refractivity contribution in [2.75, 3.05) is 23.8 Å². The van der Waals surface area contributed by atoms with Crippen LogP contribution in [0.5, 0.6) is 0 Å². The molecule has 8 nitrogen and oxygen atoms in total. The maximum absolute atomic E-state index is 12.7. The molecule has 0 unspecified atom stereocenters. The molecule has 27 heavy (non-hydrogen) atoms. The van der Waals surface area contributed by atoms with Gasteiger partial charge in [-0.05, 0) is 54.8 Å². The smallest absolute Gasteiger partial charge is 0.233 e. The third kappa shape index (κ3) is 4.49. The van der Waals surface area contributed by atoms with Crippen molar-refractivity contribution in [3.8, 4) is 5.69 Å². The summed E-state index contributed by atoms with van der Waals surface area (Å²) in [5.41, 5.74) is 3.01. The first-order valence-corrected chi connectivity index (χ1v) is 11.6. The predicted molar refractivity (Wildman–Crippen MR) is 104 cm³/mol. The number of aromatic nitrogens is 4. The fourth-order valence-electron chi connectivity index (χ4n) is 3.24. The molecule has 146 valence electrons. The van der Waals surface area contributed by atoms with Crippen molar-refractivity contribution < 1.29 is 13.2 Å². The molecule has 0 spiro atoms. The number of hydrogen-bond donors (Lipinski definition) is 0. The van der Waals surface area contributed by atoms with Crippen molar-refractivity contribution in [3.05, 3.63) is 29.3 Å². The van der Waals surface area contributed by atoms with Crippen molar-refractivity contribution in [3.63, 3.8) is 0 Å². The molecule has 1 atom stereocenters. The van der Waals surface area contributed by atoms with Crippen LogP contribution in [0.4, 0.5) is 0 Å². The summed E-state index contributed by atoms with van der Waals surface area (Å²) in [5.74, 6) is 0.271. The van der Waals surface area contributed by atoms with Crippen LogP contribution in [-0.2, 0) is 14.6 Å². The van der Waals surface area contributed by atoms with Gasteiger partial charge in [-0.3, -0.25) is 4.79 Å². The van der Waals surface area contributed by atoms with Crippen molar-refractivity contribution >= 4 is 27.5 Å². The molecule has 10 heteroatoms. The highest BCUT2D eigenvalue weighted by Gasteiger charge is 2.33. The van der Waals surface area contributed by atoms with Crippen LogP contribution in [0, 0.1) is 13.8 Å². The number of aryl methyl sites for hydroxylation is 2. The van der Waals surface area contributed by atoms with E-state index in [1.165, 1.54) is 11.8 Å². The summed E-state index contributed by atoms with van der Waals surface area (Å²) < 4.78 is 25.1. The number of hydrogen-bond acceptors (Lipinski definition) is 7. The summed E-state index contributed by atoms with van der Waals surface area (Å²) >= 11 is 1.26. The highest BCUT2D eigenvalue weighted by molar-refractivity contribution is 7.99. The van der Waals surface area contributed by atoms with Gasteiger partial charge in [-0.1, -0.05) is 23.9 Å². The van der Waals surface area contributed by atoms with E-state index in [-0.39, 0.29) is 29.2 Å². The Hall–Kier alpha value is -1.94. The van der Waals surface area contributed by atoms with Gasteiger partial charge in [-0.25, -0.2) is 8.42 Å². The Kier molecular flexibility index (Phi) is 5.85. The van der Waals surface area contributed by atoms with Crippen LogP contribution in [0.15, 0.2) is 23.4 Å². The van der Waals surface area contributed by atoms with Gasteiger partial charge in [0.25, 0.3) is 0 Å². The second-order valence-corrected chi connectivity index (χ2v) is 9.86. The maximum atomic E-state index is 12.7.